The van der Waals surface area contributed by atoms with Crippen molar-refractivity contribution in [3.05, 3.63) is 84.0 Å². The number of fused-ring (bicyclic) bond motifs is 1. The second-order valence-corrected chi connectivity index (χ2v) is 6.53. The standard InChI is InChI=1S/C22H21N3O2/c1-27-21-14-18(25-13-12-23-15-25)9-6-17(21)8-11-22(26)24-20-10-7-16-4-2-3-5-19(16)20/h2-6,8-9,11-15,20H,7,10H2,1H3,(H,24,26)/b11-8+. The average Bonchev–Trinajstić information content (AvgIpc) is 3.37. The highest BCUT2D eigenvalue weighted by atomic mass is 16.5. The van der Waals surface area contributed by atoms with Gasteiger partial charge in [0.05, 0.1) is 25.2 Å². The summed E-state index contributed by atoms with van der Waals surface area (Å²) in [5, 5.41) is 3.10. The molecular weight excluding hydrogens is 338 g/mol. The van der Waals surface area contributed by atoms with E-state index in [0.29, 0.717) is 5.75 Å². The quantitative estimate of drug-likeness (QED) is 0.707. The molecular formula is C22H21N3O2. The summed E-state index contributed by atoms with van der Waals surface area (Å²) >= 11 is 0. The molecule has 1 heterocycles. The van der Waals surface area contributed by atoms with E-state index in [4.69, 9.17) is 4.74 Å². The topological polar surface area (TPSA) is 56.2 Å². The maximum atomic E-state index is 12.4. The zero-order valence-corrected chi connectivity index (χ0v) is 15.1. The molecule has 27 heavy (non-hydrogen) atoms. The molecule has 0 bridgehead atoms. The van der Waals surface area contributed by atoms with E-state index in [1.165, 1.54) is 11.1 Å². The molecule has 136 valence electrons. The SMILES string of the molecule is COc1cc(-n2ccnc2)ccc1/C=C/C(=O)NC1CCc2ccccc21. The Balaban J connectivity index is 1.47. The summed E-state index contributed by atoms with van der Waals surface area (Å²) in [5.74, 6) is 0.605. The van der Waals surface area contributed by atoms with E-state index in [1.807, 2.05) is 41.1 Å². The van der Waals surface area contributed by atoms with Crippen LogP contribution in [-0.4, -0.2) is 22.6 Å². The molecule has 0 fully saturated rings. The molecule has 0 saturated heterocycles. The summed E-state index contributed by atoms with van der Waals surface area (Å²) in [4.78, 5) is 16.4. The van der Waals surface area contributed by atoms with Crippen molar-refractivity contribution in [1.29, 1.82) is 0 Å². The fourth-order valence-corrected chi connectivity index (χ4v) is 3.50. The second-order valence-electron chi connectivity index (χ2n) is 6.53. The Morgan fingerprint density at radius 1 is 1.30 bits per heavy atom. The summed E-state index contributed by atoms with van der Waals surface area (Å²) in [7, 11) is 1.62. The maximum Gasteiger partial charge on any atom is 0.244 e. The summed E-state index contributed by atoms with van der Waals surface area (Å²) in [6.07, 6.45) is 10.6. The number of nitrogens with zero attached hydrogens (tertiary/aromatic N) is 2. The van der Waals surface area contributed by atoms with Gasteiger partial charge in [0, 0.05) is 30.1 Å². The molecule has 1 unspecified atom stereocenters. The van der Waals surface area contributed by atoms with E-state index in [1.54, 1.807) is 31.8 Å². The molecule has 4 rings (SSSR count). The average molecular weight is 359 g/mol. The van der Waals surface area contributed by atoms with Gasteiger partial charge in [0.2, 0.25) is 5.91 Å². The normalized spacial score (nSPS) is 15.7. The van der Waals surface area contributed by atoms with Crippen LogP contribution >= 0.6 is 0 Å². The van der Waals surface area contributed by atoms with Gasteiger partial charge >= 0.3 is 0 Å². The number of benzene rings is 2. The molecule has 1 aliphatic carbocycles. The number of carbonyl (C=O) groups excluding carboxylic acids is 1. The van der Waals surface area contributed by atoms with E-state index in [-0.39, 0.29) is 11.9 Å². The first-order valence-electron chi connectivity index (χ1n) is 8.97. The van der Waals surface area contributed by atoms with Gasteiger partial charge in [-0.25, -0.2) is 4.98 Å². The third-order valence-corrected chi connectivity index (χ3v) is 4.88. The molecule has 0 saturated carbocycles. The van der Waals surface area contributed by atoms with Crippen molar-refractivity contribution in [2.45, 2.75) is 18.9 Å². The number of imidazole rings is 1. The first kappa shape index (κ1) is 17.1. The number of aryl methyl sites for hydroxylation is 1. The van der Waals surface area contributed by atoms with E-state index in [9.17, 15) is 4.79 Å². The Morgan fingerprint density at radius 2 is 2.19 bits per heavy atom. The van der Waals surface area contributed by atoms with Gasteiger partial charge in [0.15, 0.2) is 0 Å². The summed E-state index contributed by atoms with van der Waals surface area (Å²) in [5.41, 5.74) is 4.35. The number of amides is 1. The Kier molecular flexibility index (Phi) is 4.75. The molecule has 0 aliphatic heterocycles. The van der Waals surface area contributed by atoms with Gasteiger partial charge in [0.1, 0.15) is 5.75 Å². The van der Waals surface area contributed by atoms with Crippen LogP contribution in [0.5, 0.6) is 5.75 Å². The number of methoxy groups -OCH3 is 1. The number of ether oxygens (including phenoxy) is 1. The highest BCUT2D eigenvalue weighted by Gasteiger charge is 2.22. The third kappa shape index (κ3) is 3.62. The molecule has 1 atom stereocenters. The van der Waals surface area contributed by atoms with Crippen LogP contribution in [-0.2, 0) is 11.2 Å². The highest BCUT2D eigenvalue weighted by molar-refractivity contribution is 5.92. The van der Waals surface area contributed by atoms with Crippen molar-refractivity contribution in [2.24, 2.45) is 0 Å². The van der Waals surface area contributed by atoms with Gasteiger partial charge < -0.3 is 14.6 Å². The van der Waals surface area contributed by atoms with Gasteiger partial charge in [-0.2, -0.15) is 0 Å². The van der Waals surface area contributed by atoms with Crippen molar-refractivity contribution >= 4 is 12.0 Å². The van der Waals surface area contributed by atoms with E-state index >= 15 is 0 Å². The maximum absolute atomic E-state index is 12.4. The predicted molar refractivity (Wildman–Crippen MR) is 105 cm³/mol. The number of rotatable bonds is 5. The minimum Gasteiger partial charge on any atom is -0.496 e. The number of carbonyl (C=O) groups is 1. The van der Waals surface area contributed by atoms with Crippen molar-refractivity contribution in [2.75, 3.05) is 7.11 Å². The van der Waals surface area contributed by atoms with Crippen LogP contribution in [0.3, 0.4) is 0 Å². The van der Waals surface area contributed by atoms with Crippen LogP contribution in [0.25, 0.3) is 11.8 Å². The molecule has 5 heteroatoms. The lowest BCUT2D eigenvalue weighted by Gasteiger charge is -2.12. The minimum absolute atomic E-state index is 0.0869. The Bertz CT molecular complexity index is 977. The zero-order chi connectivity index (χ0) is 18.6. The smallest absolute Gasteiger partial charge is 0.244 e. The largest absolute Gasteiger partial charge is 0.496 e. The van der Waals surface area contributed by atoms with Crippen LogP contribution in [0, 0.1) is 0 Å². The molecule has 1 amide bonds. The summed E-state index contributed by atoms with van der Waals surface area (Å²) in [6, 6.07) is 14.2. The Morgan fingerprint density at radius 3 is 3.00 bits per heavy atom. The second kappa shape index (κ2) is 7.50. The number of nitrogens with one attached hydrogen (secondary N) is 1. The summed E-state index contributed by atoms with van der Waals surface area (Å²) < 4.78 is 7.38. The predicted octanol–water partition coefficient (Wildman–Crippen LogP) is 3.70. The van der Waals surface area contributed by atoms with Gasteiger partial charge in [-0.1, -0.05) is 24.3 Å². The Labute approximate surface area is 158 Å². The van der Waals surface area contributed by atoms with Crippen molar-refractivity contribution in [3.8, 4) is 11.4 Å². The fourth-order valence-electron chi connectivity index (χ4n) is 3.50. The van der Waals surface area contributed by atoms with Gasteiger partial charge in [-0.05, 0) is 42.2 Å². The van der Waals surface area contributed by atoms with Crippen LogP contribution in [0.15, 0.2) is 67.3 Å². The first-order chi connectivity index (χ1) is 13.2. The Hall–Kier alpha value is -3.34. The van der Waals surface area contributed by atoms with Crippen LogP contribution in [0.4, 0.5) is 0 Å². The van der Waals surface area contributed by atoms with E-state index in [0.717, 1.165) is 24.1 Å². The minimum atomic E-state index is -0.0996. The number of aromatic nitrogens is 2. The number of hydrogen-bond acceptors (Lipinski definition) is 3. The molecule has 2 aromatic carbocycles. The fraction of sp³-hybridized carbons (Fsp3) is 0.182. The van der Waals surface area contributed by atoms with Gasteiger partial charge in [-0.15, -0.1) is 0 Å². The molecule has 5 nitrogen and oxygen atoms in total. The van der Waals surface area contributed by atoms with Crippen LogP contribution < -0.4 is 10.1 Å². The van der Waals surface area contributed by atoms with Crippen LogP contribution in [0.2, 0.25) is 0 Å². The van der Waals surface area contributed by atoms with Gasteiger partial charge in [0.25, 0.3) is 0 Å². The van der Waals surface area contributed by atoms with Crippen LogP contribution in [0.1, 0.15) is 29.2 Å². The van der Waals surface area contributed by atoms with Crippen molar-refractivity contribution in [1.82, 2.24) is 14.9 Å². The van der Waals surface area contributed by atoms with E-state index in [2.05, 4.69) is 22.4 Å². The highest BCUT2D eigenvalue weighted by Crippen LogP contribution is 2.30. The molecule has 1 aliphatic rings. The lowest BCUT2D eigenvalue weighted by Crippen LogP contribution is -2.25. The van der Waals surface area contributed by atoms with E-state index < -0.39 is 0 Å². The lowest BCUT2D eigenvalue weighted by molar-refractivity contribution is -0.117. The van der Waals surface area contributed by atoms with Gasteiger partial charge in [-0.3, -0.25) is 4.79 Å². The molecule has 1 N–H and O–H groups in total. The number of hydrogen-bond donors (Lipinski definition) is 1. The first-order valence-corrected chi connectivity index (χ1v) is 8.97. The zero-order valence-electron chi connectivity index (χ0n) is 15.1. The van der Waals surface area contributed by atoms with Crippen molar-refractivity contribution in [3.63, 3.8) is 0 Å². The third-order valence-electron chi connectivity index (χ3n) is 4.88. The molecule has 3 aromatic rings. The molecule has 1 aromatic heterocycles. The lowest BCUT2D eigenvalue weighted by atomic mass is 10.1. The monoisotopic (exact) mass is 359 g/mol. The molecule has 0 radical (unpaired) electrons. The van der Waals surface area contributed by atoms with Crippen molar-refractivity contribution < 1.29 is 9.53 Å². The summed E-state index contributed by atoms with van der Waals surface area (Å²) in [6.45, 7) is 0. The molecule has 0 spiro atoms.